The second kappa shape index (κ2) is 7.92. The molecule has 0 saturated carbocycles. The highest BCUT2D eigenvalue weighted by Gasteiger charge is 2.40. The molecule has 0 bridgehead atoms. The van der Waals surface area contributed by atoms with Crippen molar-refractivity contribution < 1.29 is 29.3 Å². The van der Waals surface area contributed by atoms with Crippen molar-refractivity contribution in [1.29, 1.82) is 0 Å². The number of aliphatic hydroxyl groups excluding tert-OH is 1. The van der Waals surface area contributed by atoms with Crippen LogP contribution >= 0.6 is 0 Å². The zero-order valence-corrected chi connectivity index (χ0v) is 13.4. The van der Waals surface area contributed by atoms with Crippen molar-refractivity contribution >= 4 is 17.8 Å². The topological polar surface area (TPSA) is 104 Å². The number of ketones is 1. The predicted molar refractivity (Wildman–Crippen MR) is 84.2 cm³/mol. The van der Waals surface area contributed by atoms with Crippen molar-refractivity contribution in [1.82, 2.24) is 4.90 Å². The number of carboxylic acids is 1. The zero-order valence-electron chi connectivity index (χ0n) is 13.4. The first kappa shape index (κ1) is 17.9. The second-order valence-corrected chi connectivity index (χ2v) is 5.89. The lowest BCUT2D eigenvalue weighted by Crippen LogP contribution is -2.47. The first-order valence-corrected chi connectivity index (χ1v) is 7.84. The average molecular weight is 335 g/mol. The Hall–Kier alpha value is -2.41. The number of likely N-dealkylation sites (tertiary alicyclic amines) is 1. The number of carbonyl (C=O) groups is 3. The van der Waals surface area contributed by atoms with Crippen molar-refractivity contribution in [3.8, 4) is 0 Å². The first-order chi connectivity index (χ1) is 11.4. The van der Waals surface area contributed by atoms with Gasteiger partial charge < -0.3 is 19.8 Å². The van der Waals surface area contributed by atoms with Crippen molar-refractivity contribution in [3.63, 3.8) is 0 Å². The van der Waals surface area contributed by atoms with E-state index in [9.17, 15) is 19.5 Å². The van der Waals surface area contributed by atoms with Crippen LogP contribution in [-0.4, -0.2) is 51.6 Å². The Morgan fingerprint density at radius 3 is 2.58 bits per heavy atom. The molecule has 1 heterocycles. The third-order valence-electron chi connectivity index (χ3n) is 4.27. The molecule has 0 spiro atoms. The van der Waals surface area contributed by atoms with Gasteiger partial charge in [0.1, 0.15) is 6.61 Å². The van der Waals surface area contributed by atoms with Crippen LogP contribution in [0.25, 0.3) is 0 Å². The Morgan fingerprint density at radius 2 is 1.96 bits per heavy atom. The van der Waals surface area contributed by atoms with E-state index in [0.717, 1.165) is 5.56 Å². The SMILES string of the molecule is CC(C(=O)C(=O)O)C(O)[C@@H]1CCCN1C(=O)OCc1ccccc1. The van der Waals surface area contributed by atoms with Gasteiger partial charge in [-0.3, -0.25) is 4.79 Å². The van der Waals surface area contributed by atoms with E-state index in [0.29, 0.717) is 19.4 Å². The number of ether oxygens (including phenoxy) is 1. The van der Waals surface area contributed by atoms with Crippen LogP contribution in [0.3, 0.4) is 0 Å². The molecule has 2 rings (SSSR count). The summed E-state index contributed by atoms with van der Waals surface area (Å²) in [5.74, 6) is -3.74. The molecule has 1 aliphatic rings. The predicted octanol–water partition coefficient (Wildman–Crippen LogP) is 1.44. The Balaban J connectivity index is 1.97. The van der Waals surface area contributed by atoms with Crippen LogP contribution in [0, 0.1) is 5.92 Å². The number of carbonyl (C=O) groups excluding carboxylic acids is 2. The van der Waals surface area contributed by atoms with Crippen molar-refractivity contribution in [2.45, 2.75) is 38.5 Å². The fourth-order valence-electron chi connectivity index (χ4n) is 2.86. The van der Waals surface area contributed by atoms with Gasteiger partial charge in [0.15, 0.2) is 0 Å². The molecule has 0 aromatic heterocycles. The molecule has 3 atom stereocenters. The fraction of sp³-hybridized carbons (Fsp3) is 0.471. The quantitative estimate of drug-likeness (QED) is 0.762. The monoisotopic (exact) mass is 335 g/mol. The third-order valence-corrected chi connectivity index (χ3v) is 4.27. The van der Waals surface area contributed by atoms with Crippen molar-refractivity contribution in [2.75, 3.05) is 6.54 Å². The summed E-state index contributed by atoms with van der Waals surface area (Å²) in [6, 6.07) is 8.58. The summed E-state index contributed by atoms with van der Waals surface area (Å²) in [6.45, 7) is 1.87. The Morgan fingerprint density at radius 1 is 1.29 bits per heavy atom. The molecule has 0 aliphatic carbocycles. The molecule has 7 heteroatoms. The Labute approximate surface area is 139 Å². The van der Waals surface area contributed by atoms with Gasteiger partial charge in [0.05, 0.1) is 18.1 Å². The maximum absolute atomic E-state index is 12.3. The summed E-state index contributed by atoms with van der Waals surface area (Å²) in [7, 11) is 0. The van der Waals surface area contributed by atoms with E-state index in [4.69, 9.17) is 9.84 Å². The number of carboxylic acid groups (broad SMARTS) is 1. The minimum atomic E-state index is -1.59. The van der Waals surface area contributed by atoms with Crippen LogP contribution in [0.2, 0.25) is 0 Å². The van der Waals surface area contributed by atoms with Crippen LogP contribution in [0.5, 0.6) is 0 Å². The Bertz CT molecular complexity index is 602. The van der Waals surface area contributed by atoms with E-state index in [1.807, 2.05) is 30.3 Å². The molecular weight excluding hydrogens is 314 g/mol. The number of amides is 1. The maximum Gasteiger partial charge on any atom is 0.410 e. The fourth-order valence-corrected chi connectivity index (χ4v) is 2.86. The van der Waals surface area contributed by atoms with E-state index in [-0.39, 0.29) is 6.61 Å². The molecule has 1 aromatic rings. The molecule has 1 aliphatic heterocycles. The third kappa shape index (κ3) is 4.11. The van der Waals surface area contributed by atoms with E-state index >= 15 is 0 Å². The molecule has 130 valence electrons. The second-order valence-electron chi connectivity index (χ2n) is 5.89. The largest absolute Gasteiger partial charge is 0.475 e. The summed E-state index contributed by atoms with van der Waals surface area (Å²) in [4.78, 5) is 35.9. The van der Waals surface area contributed by atoms with Crippen molar-refractivity contribution in [2.24, 2.45) is 5.92 Å². The number of nitrogens with zero attached hydrogens (tertiary/aromatic N) is 1. The maximum atomic E-state index is 12.3. The molecular formula is C17H21NO6. The molecule has 1 amide bonds. The van der Waals surface area contributed by atoms with Gasteiger partial charge >= 0.3 is 12.1 Å². The average Bonchev–Trinajstić information content (AvgIpc) is 3.08. The lowest BCUT2D eigenvalue weighted by atomic mass is 9.92. The van der Waals surface area contributed by atoms with Gasteiger partial charge in [0.25, 0.3) is 0 Å². The molecule has 7 nitrogen and oxygen atoms in total. The van der Waals surface area contributed by atoms with Gasteiger partial charge in [-0.25, -0.2) is 9.59 Å². The standard InChI is InChI=1S/C17H21NO6/c1-11(15(20)16(21)22)14(19)13-8-5-9-18(13)17(23)24-10-12-6-3-2-4-7-12/h2-4,6-7,11,13-14,19H,5,8-10H2,1H3,(H,21,22)/t11?,13-,14?/m0/s1. The number of rotatable bonds is 6. The van der Waals surface area contributed by atoms with Crippen LogP contribution < -0.4 is 0 Å². The van der Waals surface area contributed by atoms with E-state index in [1.54, 1.807) is 0 Å². The van der Waals surface area contributed by atoms with Crippen molar-refractivity contribution in [3.05, 3.63) is 35.9 Å². The minimum absolute atomic E-state index is 0.114. The lowest BCUT2D eigenvalue weighted by molar-refractivity contribution is -0.153. The van der Waals surface area contributed by atoms with Gasteiger partial charge in [-0.2, -0.15) is 0 Å². The Kier molecular flexibility index (Phi) is 5.92. The molecule has 1 fully saturated rings. The molecule has 2 unspecified atom stereocenters. The summed E-state index contributed by atoms with van der Waals surface area (Å²) in [6.07, 6.45) is -0.648. The van der Waals surface area contributed by atoms with Crippen LogP contribution in [-0.2, 0) is 20.9 Å². The zero-order chi connectivity index (χ0) is 17.7. The highest BCUT2D eigenvalue weighted by Crippen LogP contribution is 2.25. The molecule has 0 radical (unpaired) electrons. The number of benzene rings is 1. The van der Waals surface area contributed by atoms with Gasteiger partial charge in [0, 0.05) is 6.54 Å². The van der Waals surface area contributed by atoms with Gasteiger partial charge in [-0.15, -0.1) is 0 Å². The first-order valence-electron chi connectivity index (χ1n) is 7.84. The van der Waals surface area contributed by atoms with Crippen LogP contribution in [0.1, 0.15) is 25.3 Å². The normalized spacial score (nSPS) is 19.6. The number of aliphatic carboxylic acids is 1. The van der Waals surface area contributed by atoms with Gasteiger partial charge in [-0.05, 0) is 18.4 Å². The van der Waals surface area contributed by atoms with E-state index in [1.165, 1.54) is 11.8 Å². The highest BCUT2D eigenvalue weighted by atomic mass is 16.6. The smallest absolute Gasteiger partial charge is 0.410 e. The van der Waals surface area contributed by atoms with Gasteiger partial charge in [0.2, 0.25) is 5.78 Å². The van der Waals surface area contributed by atoms with Crippen LogP contribution in [0.15, 0.2) is 30.3 Å². The summed E-state index contributed by atoms with van der Waals surface area (Å²) in [5.41, 5.74) is 0.844. The number of aliphatic hydroxyl groups is 1. The van der Waals surface area contributed by atoms with Gasteiger partial charge in [-0.1, -0.05) is 37.3 Å². The minimum Gasteiger partial charge on any atom is -0.475 e. The summed E-state index contributed by atoms with van der Waals surface area (Å²) < 4.78 is 5.25. The van der Waals surface area contributed by atoms with E-state index < -0.39 is 35.9 Å². The molecule has 24 heavy (non-hydrogen) atoms. The highest BCUT2D eigenvalue weighted by molar-refractivity contribution is 6.33. The van der Waals surface area contributed by atoms with Crippen LogP contribution in [0.4, 0.5) is 4.79 Å². The number of hydrogen-bond donors (Lipinski definition) is 2. The van der Waals surface area contributed by atoms with E-state index in [2.05, 4.69) is 0 Å². The lowest BCUT2D eigenvalue weighted by Gasteiger charge is -2.30. The molecule has 1 aromatic carbocycles. The number of hydrogen-bond acceptors (Lipinski definition) is 5. The summed E-state index contributed by atoms with van der Waals surface area (Å²) in [5, 5.41) is 19.1. The number of Topliss-reactive ketones (excluding diaryl/α,β-unsaturated/α-hetero) is 1. The molecule has 2 N–H and O–H groups in total. The molecule has 1 saturated heterocycles. The summed E-state index contributed by atoms with van der Waals surface area (Å²) >= 11 is 0.